The average molecular weight is 274 g/mol. The van der Waals surface area contributed by atoms with Gasteiger partial charge in [-0.15, -0.1) is 0 Å². The number of hydrogen-bond donors (Lipinski definition) is 3. The lowest BCUT2D eigenvalue weighted by Gasteiger charge is -2.08. The molecule has 0 unspecified atom stereocenters. The van der Waals surface area contributed by atoms with E-state index in [1.54, 1.807) is 18.5 Å². The number of aromatic amines is 1. The molecule has 0 saturated heterocycles. The Kier molecular flexibility index (Phi) is 4.29. The smallest absolute Gasteiger partial charge is 0.270 e. The van der Waals surface area contributed by atoms with Crippen molar-refractivity contribution in [2.75, 3.05) is 12.3 Å². The number of nitrogens with zero attached hydrogens (tertiary/aromatic N) is 3. The third kappa shape index (κ3) is 3.53. The van der Waals surface area contributed by atoms with Crippen molar-refractivity contribution in [1.82, 2.24) is 25.5 Å². The van der Waals surface area contributed by atoms with E-state index in [0.29, 0.717) is 18.7 Å². The molecule has 0 saturated carbocycles. The second kappa shape index (κ2) is 6.14. The molecule has 106 valence electrons. The molecule has 2 aromatic rings. The van der Waals surface area contributed by atoms with Crippen LogP contribution in [0.4, 0.5) is 5.95 Å². The van der Waals surface area contributed by atoms with Crippen LogP contribution in [0, 0.1) is 0 Å². The fourth-order valence-electron chi connectivity index (χ4n) is 1.72. The molecule has 2 heterocycles. The van der Waals surface area contributed by atoms with Gasteiger partial charge in [-0.2, -0.15) is 5.10 Å². The van der Waals surface area contributed by atoms with E-state index in [2.05, 4.69) is 25.5 Å². The summed E-state index contributed by atoms with van der Waals surface area (Å²) in [5.74, 6) is 0.0680. The first-order chi connectivity index (χ1) is 9.56. The van der Waals surface area contributed by atoms with Gasteiger partial charge >= 0.3 is 0 Å². The summed E-state index contributed by atoms with van der Waals surface area (Å²) in [6.45, 7) is 4.49. The van der Waals surface area contributed by atoms with Gasteiger partial charge in [0.2, 0.25) is 5.95 Å². The van der Waals surface area contributed by atoms with Crippen LogP contribution >= 0.6 is 0 Å². The Morgan fingerprint density at radius 1 is 1.45 bits per heavy atom. The minimum atomic E-state index is -0.246. The zero-order valence-corrected chi connectivity index (χ0v) is 11.6. The summed E-state index contributed by atoms with van der Waals surface area (Å²) in [7, 11) is 0. The number of aromatic nitrogens is 4. The average Bonchev–Trinajstić information content (AvgIpc) is 2.91. The number of amides is 1. The summed E-state index contributed by atoms with van der Waals surface area (Å²) in [5, 5.41) is 9.38. The van der Waals surface area contributed by atoms with Crippen LogP contribution in [0.1, 0.15) is 41.5 Å². The Labute approximate surface area is 117 Å². The molecule has 0 atom stereocenters. The predicted molar refractivity (Wildman–Crippen MR) is 75.2 cm³/mol. The minimum Gasteiger partial charge on any atom is -0.368 e. The fraction of sp³-hybridized carbons (Fsp3) is 0.385. The van der Waals surface area contributed by atoms with Crippen molar-refractivity contribution >= 4 is 11.9 Å². The molecule has 20 heavy (non-hydrogen) atoms. The predicted octanol–water partition coefficient (Wildman–Crippen LogP) is 0.878. The van der Waals surface area contributed by atoms with Gasteiger partial charge in [0.25, 0.3) is 5.91 Å². The number of hydrogen-bond acceptors (Lipinski definition) is 5. The maximum Gasteiger partial charge on any atom is 0.270 e. The second-order valence-corrected chi connectivity index (χ2v) is 4.80. The summed E-state index contributed by atoms with van der Waals surface area (Å²) in [6.07, 6.45) is 4.23. The van der Waals surface area contributed by atoms with Crippen LogP contribution in [0.15, 0.2) is 18.5 Å². The van der Waals surface area contributed by atoms with Gasteiger partial charge in [0.1, 0.15) is 5.69 Å². The Morgan fingerprint density at radius 3 is 2.90 bits per heavy atom. The van der Waals surface area contributed by atoms with Crippen molar-refractivity contribution in [2.45, 2.75) is 26.2 Å². The SMILES string of the molecule is CC(C)c1cc(C(=O)NCCc2cn[nH]c2)nc(N)n1. The molecular weight excluding hydrogens is 256 g/mol. The topological polar surface area (TPSA) is 110 Å². The van der Waals surface area contributed by atoms with Gasteiger partial charge in [-0.1, -0.05) is 13.8 Å². The monoisotopic (exact) mass is 274 g/mol. The summed E-state index contributed by atoms with van der Waals surface area (Å²) in [4.78, 5) is 20.1. The van der Waals surface area contributed by atoms with E-state index in [-0.39, 0.29) is 17.8 Å². The van der Waals surface area contributed by atoms with Crippen LogP contribution in [0.2, 0.25) is 0 Å². The van der Waals surface area contributed by atoms with E-state index in [1.807, 2.05) is 13.8 Å². The normalized spacial score (nSPS) is 10.8. The van der Waals surface area contributed by atoms with Crippen molar-refractivity contribution in [1.29, 1.82) is 0 Å². The Balaban J connectivity index is 1.98. The summed E-state index contributed by atoms with van der Waals surface area (Å²) < 4.78 is 0. The van der Waals surface area contributed by atoms with Crippen LogP contribution in [-0.4, -0.2) is 32.6 Å². The number of nitrogen functional groups attached to an aromatic ring is 1. The molecule has 0 bridgehead atoms. The third-order valence-electron chi connectivity index (χ3n) is 2.84. The number of nitrogens with one attached hydrogen (secondary N) is 2. The molecule has 0 radical (unpaired) electrons. The molecule has 2 rings (SSSR count). The van der Waals surface area contributed by atoms with Gasteiger partial charge in [-0.25, -0.2) is 9.97 Å². The Morgan fingerprint density at radius 2 is 2.25 bits per heavy atom. The second-order valence-electron chi connectivity index (χ2n) is 4.80. The van der Waals surface area contributed by atoms with E-state index >= 15 is 0 Å². The van der Waals surface area contributed by atoms with E-state index in [0.717, 1.165) is 11.3 Å². The highest BCUT2D eigenvalue weighted by molar-refractivity contribution is 5.92. The van der Waals surface area contributed by atoms with E-state index in [1.165, 1.54) is 0 Å². The van der Waals surface area contributed by atoms with Gasteiger partial charge in [0, 0.05) is 18.4 Å². The number of carbonyl (C=O) groups is 1. The zero-order valence-electron chi connectivity index (χ0n) is 11.6. The molecule has 7 nitrogen and oxygen atoms in total. The van der Waals surface area contributed by atoms with Crippen molar-refractivity contribution in [3.63, 3.8) is 0 Å². The van der Waals surface area contributed by atoms with Crippen molar-refractivity contribution in [3.05, 3.63) is 35.4 Å². The molecule has 1 amide bonds. The first kappa shape index (κ1) is 14.0. The quantitative estimate of drug-likeness (QED) is 0.749. The van der Waals surface area contributed by atoms with Gasteiger partial charge in [-0.3, -0.25) is 9.89 Å². The zero-order chi connectivity index (χ0) is 14.5. The van der Waals surface area contributed by atoms with Crippen LogP contribution in [-0.2, 0) is 6.42 Å². The largest absolute Gasteiger partial charge is 0.368 e. The number of anilines is 1. The summed E-state index contributed by atoms with van der Waals surface area (Å²) >= 11 is 0. The standard InChI is InChI=1S/C13H18N6O/c1-8(2)10-5-11(19-13(14)18-10)12(20)15-4-3-9-6-16-17-7-9/h5-8H,3-4H2,1-2H3,(H,15,20)(H,16,17)(H2,14,18,19). The minimum absolute atomic E-state index is 0.121. The highest BCUT2D eigenvalue weighted by atomic mass is 16.1. The molecular formula is C13H18N6O. The molecule has 0 aliphatic rings. The Hall–Kier alpha value is -2.44. The van der Waals surface area contributed by atoms with Crippen LogP contribution in [0.25, 0.3) is 0 Å². The molecule has 0 fully saturated rings. The fourth-order valence-corrected chi connectivity index (χ4v) is 1.72. The highest BCUT2D eigenvalue weighted by Gasteiger charge is 2.12. The molecule has 0 spiro atoms. The summed E-state index contributed by atoms with van der Waals surface area (Å²) in [6, 6.07) is 1.67. The summed E-state index contributed by atoms with van der Waals surface area (Å²) in [5.41, 5.74) is 7.72. The first-order valence-corrected chi connectivity index (χ1v) is 6.46. The maximum absolute atomic E-state index is 12.0. The van der Waals surface area contributed by atoms with E-state index in [4.69, 9.17) is 5.73 Å². The van der Waals surface area contributed by atoms with Crippen LogP contribution in [0.5, 0.6) is 0 Å². The van der Waals surface area contributed by atoms with Gasteiger partial charge in [0.05, 0.1) is 6.20 Å². The molecule has 2 aromatic heterocycles. The maximum atomic E-state index is 12.0. The lowest BCUT2D eigenvalue weighted by Crippen LogP contribution is -2.27. The number of rotatable bonds is 5. The van der Waals surface area contributed by atoms with Gasteiger partial charge < -0.3 is 11.1 Å². The lowest BCUT2D eigenvalue weighted by atomic mass is 10.1. The molecule has 0 aromatic carbocycles. The highest BCUT2D eigenvalue weighted by Crippen LogP contribution is 2.13. The van der Waals surface area contributed by atoms with Crippen molar-refractivity contribution in [2.24, 2.45) is 0 Å². The number of nitrogens with two attached hydrogens (primary N) is 1. The number of carbonyl (C=O) groups excluding carboxylic acids is 1. The molecule has 0 aliphatic heterocycles. The molecule has 7 heteroatoms. The van der Waals surface area contributed by atoms with Gasteiger partial charge in [-0.05, 0) is 24.0 Å². The van der Waals surface area contributed by atoms with E-state index in [9.17, 15) is 4.79 Å². The van der Waals surface area contributed by atoms with Crippen LogP contribution in [0.3, 0.4) is 0 Å². The molecule has 4 N–H and O–H groups in total. The third-order valence-corrected chi connectivity index (χ3v) is 2.84. The van der Waals surface area contributed by atoms with Crippen molar-refractivity contribution in [3.8, 4) is 0 Å². The van der Waals surface area contributed by atoms with Crippen molar-refractivity contribution < 1.29 is 4.79 Å². The van der Waals surface area contributed by atoms with Gasteiger partial charge in [0.15, 0.2) is 0 Å². The van der Waals surface area contributed by atoms with E-state index < -0.39 is 0 Å². The number of H-pyrrole nitrogens is 1. The Bertz CT molecular complexity index is 579. The molecule has 0 aliphatic carbocycles. The lowest BCUT2D eigenvalue weighted by molar-refractivity contribution is 0.0949. The first-order valence-electron chi connectivity index (χ1n) is 6.46. The van der Waals surface area contributed by atoms with Crippen LogP contribution < -0.4 is 11.1 Å².